The lowest BCUT2D eigenvalue weighted by molar-refractivity contribution is 0.0540. The van der Waals surface area contributed by atoms with Crippen LogP contribution in [0.25, 0.3) is 0 Å². The zero-order valence-electron chi connectivity index (χ0n) is 12.4. The maximum absolute atomic E-state index is 3.50. The lowest BCUT2D eigenvalue weighted by Crippen LogP contribution is -2.54. The molecule has 108 valence electrons. The van der Waals surface area contributed by atoms with Crippen molar-refractivity contribution < 1.29 is 0 Å². The molecule has 3 heteroatoms. The molecule has 3 nitrogen and oxygen atoms in total. The van der Waals surface area contributed by atoms with E-state index in [0.717, 1.165) is 19.1 Å². The van der Waals surface area contributed by atoms with Crippen molar-refractivity contribution in [2.75, 3.05) is 31.5 Å². The van der Waals surface area contributed by atoms with Gasteiger partial charge in [0.15, 0.2) is 0 Å². The van der Waals surface area contributed by atoms with Crippen molar-refractivity contribution in [3.05, 3.63) is 29.3 Å². The predicted octanol–water partition coefficient (Wildman–Crippen LogP) is 2.32. The number of hydrogen-bond donors (Lipinski definition) is 1. The second kappa shape index (κ2) is 5.05. The average Bonchev–Trinajstić information content (AvgIpc) is 3.06. The molecule has 4 rings (SSSR count). The summed E-state index contributed by atoms with van der Waals surface area (Å²) in [7, 11) is 0. The van der Waals surface area contributed by atoms with Crippen molar-refractivity contribution in [3.63, 3.8) is 0 Å². The summed E-state index contributed by atoms with van der Waals surface area (Å²) in [6.45, 7) is 8.45. The molecule has 3 aliphatic heterocycles. The molecule has 1 aromatic rings. The fraction of sp³-hybridized carbons (Fsp3) is 0.647. The summed E-state index contributed by atoms with van der Waals surface area (Å²) < 4.78 is 0. The maximum atomic E-state index is 3.50. The van der Waals surface area contributed by atoms with Crippen LogP contribution in [0.15, 0.2) is 18.2 Å². The number of fused-ring (bicyclic) bond motifs is 2. The molecule has 0 aromatic heterocycles. The van der Waals surface area contributed by atoms with E-state index in [9.17, 15) is 0 Å². The normalized spacial score (nSPS) is 30.1. The molecule has 0 amide bonds. The number of anilines is 1. The topological polar surface area (TPSA) is 18.5 Å². The van der Waals surface area contributed by atoms with Crippen LogP contribution in [0.5, 0.6) is 0 Å². The molecular formula is C17H25N3. The van der Waals surface area contributed by atoms with Gasteiger partial charge >= 0.3 is 0 Å². The van der Waals surface area contributed by atoms with Gasteiger partial charge in [-0.05, 0) is 49.9 Å². The van der Waals surface area contributed by atoms with E-state index in [4.69, 9.17) is 0 Å². The van der Waals surface area contributed by atoms with Gasteiger partial charge in [0.05, 0.1) is 0 Å². The van der Waals surface area contributed by atoms with Crippen LogP contribution in [0.1, 0.15) is 30.9 Å². The lowest BCUT2D eigenvalue weighted by atomic mass is 10.0. The summed E-state index contributed by atoms with van der Waals surface area (Å²) in [6, 6.07) is 8.53. The van der Waals surface area contributed by atoms with E-state index in [1.54, 1.807) is 0 Å². The van der Waals surface area contributed by atoms with E-state index in [2.05, 4.69) is 40.2 Å². The molecule has 3 aliphatic rings. The van der Waals surface area contributed by atoms with Crippen LogP contribution >= 0.6 is 0 Å². The summed E-state index contributed by atoms with van der Waals surface area (Å²) in [6.07, 6.45) is 3.98. The van der Waals surface area contributed by atoms with Crippen LogP contribution in [0.2, 0.25) is 0 Å². The molecule has 0 bridgehead atoms. The minimum absolute atomic E-state index is 0.686. The third-order valence-electron chi connectivity index (χ3n) is 5.34. The van der Waals surface area contributed by atoms with Crippen molar-refractivity contribution in [1.82, 2.24) is 9.80 Å². The molecule has 2 atom stereocenters. The monoisotopic (exact) mass is 271 g/mol. The fourth-order valence-corrected chi connectivity index (χ4v) is 4.14. The zero-order chi connectivity index (χ0) is 13.5. The van der Waals surface area contributed by atoms with Crippen LogP contribution < -0.4 is 5.32 Å². The summed E-state index contributed by atoms with van der Waals surface area (Å²) in [4.78, 5) is 5.38. The molecule has 2 unspecified atom stereocenters. The minimum Gasteiger partial charge on any atom is -0.384 e. The number of benzene rings is 1. The molecule has 0 radical (unpaired) electrons. The van der Waals surface area contributed by atoms with Gasteiger partial charge in [0.2, 0.25) is 0 Å². The minimum atomic E-state index is 0.686. The SMILES string of the molecule is CC1CN2CCCC2CN1Cc1ccc2c(c1)NCC2. The van der Waals surface area contributed by atoms with Crippen LogP contribution in [0.3, 0.4) is 0 Å². The molecule has 0 saturated carbocycles. The van der Waals surface area contributed by atoms with Gasteiger partial charge in [-0.2, -0.15) is 0 Å². The highest BCUT2D eigenvalue weighted by Crippen LogP contribution is 2.28. The summed E-state index contributed by atoms with van der Waals surface area (Å²) in [5.41, 5.74) is 4.33. The first kappa shape index (κ1) is 12.7. The van der Waals surface area contributed by atoms with Crippen LogP contribution in [-0.4, -0.2) is 48.1 Å². The summed E-state index contributed by atoms with van der Waals surface area (Å²) >= 11 is 0. The number of piperazine rings is 1. The van der Waals surface area contributed by atoms with Gasteiger partial charge in [-0.15, -0.1) is 0 Å². The van der Waals surface area contributed by atoms with Gasteiger partial charge in [0.1, 0.15) is 0 Å². The Balaban J connectivity index is 1.48. The molecule has 1 N–H and O–H groups in total. The second-order valence-electron chi connectivity index (χ2n) is 6.74. The van der Waals surface area contributed by atoms with Crippen molar-refractivity contribution in [2.24, 2.45) is 0 Å². The lowest BCUT2D eigenvalue weighted by Gasteiger charge is -2.42. The zero-order valence-corrected chi connectivity index (χ0v) is 12.4. The van der Waals surface area contributed by atoms with E-state index in [-0.39, 0.29) is 0 Å². The van der Waals surface area contributed by atoms with Gasteiger partial charge in [0.25, 0.3) is 0 Å². The molecular weight excluding hydrogens is 246 g/mol. The third-order valence-corrected chi connectivity index (χ3v) is 5.34. The van der Waals surface area contributed by atoms with E-state index < -0.39 is 0 Å². The molecule has 2 fully saturated rings. The largest absolute Gasteiger partial charge is 0.384 e. The van der Waals surface area contributed by atoms with Crippen LogP contribution in [-0.2, 0) is 13.0 Å². The third kappa shape index (κ3) is 2.23. The number of rotatable bonds is 2. The highest BCUT2D eigenvalue weighted by atomic mass is 15.3. The smallest absolute Gasteiger partial charge is 0.0376 e. The Morgan fingerprint density at radius 1 is 1.30 bits per heavy atom. The second-order valence-corrected chi connectivity index (χ2v) is 6.74. The predicted molar refractivity (Wildman–Crippen MR) is 83.1 cm³/mol. The Morgan fingerprint density at radius 3 is 3.20 bits per heavy atom. The highest BCUT2D eigenvalue weighted by Gasteiger charge is 2.34. The molecule has 20 heavy (non-hydrogen) atoms. The van der Waals surface area contributed by atoms with E-state index in [0.29, 0.717) is 6.04 Å². The molecule has 1 aromatic carbocycles. The van der Waals surface area contributed by atoms with E-state index in [1.165, 1.54) is 55.7 Å². The Hall–Kier alpha value is -1.06. The van der Waals surface area contributed by atoms with E-state index >= 15 is 0 Å². The maximum Gasteiger partial charge on any atom is 0.0376 e. The first-order valence-corrected chi connectivity index (χ1v) is 8.13. The molecule has 3 heterocycles. The fourth-order valence-electron chi connectivity index (χ4n) is 4.14. The molecule has 0 aliphatic carbocycles. The van der Waals surface area contributed by atoms with E-state index in [1.807, 2.05) is 0 Å². The van der Waals surface area contributed by atoms with Gasteiger partial charge in [-0.1, -0.05) is 12.1 Å². The highest BCUT2D eigenvalue weighted by molar-refractivity contribution is 5.57. The number of nitrogens with one attached hydrogen (secondary N) is 1. The van der Waals surface area contributed by atoms with Crippen LogP contribution in [0, 0.1) is 0 Å². The van der Waals surface area contributed by atoms with Gasteiger partial charge in [0, 0.05) is 44.0 Å². The number of nitrogens with zero attached hydrogens (tertiary/aromatic N) is 2. The van der Waals surface area contributed by atoms with Crippen molar-refractivity contribution >= 4 is 5.69 Å². The van der Waals surface area contributed by atoms with Crippen molar-refractivity contribution in [2.45, 2.75) is 44.8 Å². The Labute approximate surface area is 121 Å². The Kier molecular flexibility index (Phi) is 3.20. The average molecular weight is 271 g/mol. The first-order valence-electron chi connectivity index (χ1n) is 8.13. The molecule has 2 saturated heterocycles. The Bertz CT molecular complexity index is 499. The van der Waals surface area contributed by atoms with Gasteiger partial charge in [-0.25, -0.2) is 0 Å². The van der Waals surface area contributed by atoms with Gasteiger partial charge < -0.3 is 5.32 Å². The van der Waals surface area contributed by atoms with Crippen molar-refractivity contribution in [1.29, 1.82) is 0 Å². The standard InChI is InChI=1S/C17H25N3/c1-13-10-19-8-2-3-16(19)12-20(13)11-14-4-5-15-6-7-18-17(15)9-14/h4-5,9,13,16,18H,2-3,6-8,10-12H2,1H3. The quantitative estimate of drug-likeness (QED) is 0.890. The summed E-state index contributed by atoms with van der Waals surface area (Å²) in [5.74, 6) is 0. The van der Waals surface area contributed by atoms with Gasteiger partial charge in [-0.3, -0.25) is 9.80 Å². The number of hydrogen-bond acceptors (Lipinski definition) is 3. The first-order chi connectivity index (χ1) is 9.79. The summed E-state index contributed by atoms with van der Waals surface area (Å²) in [5, 5.41) is 3.50. The van der Waals surface area contributed by atoms with Crippen LogP contribution in [0.4, 0.5) is 5.69 Å². The molecule has 0 spiro atoms. The Morgan fingerprint density at radius 2 is 2.25 bits per heavy atom. The van der Waals surface area contributed by atoms with Crippen molar-refractivity contribution in [3.8, 4) is 0 Å².